The number of carbonyl (C=O) groups excluding carboxylic acids is 1. The van der Waals surface area contributed by atoms with E-state index in [4.69, 9.17) is 9.47 Å². The molecule has 7 heteroatoms. The summed E-state index contributed by atoms with van der Waals surface area (Å²) in [6.07, 6.45) is 3.94. The van der Waals surface area contributed by atoms with Gasteiger partial charge in [0.25, 0.3) is 5.91 Å². The zero-order valence-corrected chi connectivity index (χ0v) is 18.0. The monoisotopic (exact) mass is 433 g/mol. The van der Waals surface area contributed by atoms with Crippen LogP contribution in [0.5, 0.6) is 11.5 Å². The SMILES string of the molecule is Cc1ccc2nc(COc3cccc(C(=O)N(C)CCOc4ccccc4F)c3)cn2c1. The summed E-state index contributed by atoms with van der Waals surface area (Å²) in [5.74, 6) is 0.161. The summed E-state index contributed by atoms with van der Waals surface area (Å²) >= 11 is 0. The fourth-order valence-electron chi connectivity index (χ4n) is 3.28. The van der Waals surface area contributed by atoms with Crippen molar-refractivity contribution in [3.63, 3.8) is 0 Å². The van der Waals surface area contributed by atoms with Crippen molar-refractivity contribution < 1.29 is 18.7 Å². The van der Waals surface area contributed by atoms with Crippen LogP contribution in [-0.2, 0) is 6.61 Å². The van der Waals surface area contributed by atoms with Crippen molar-refractivity contribution in [2.45, 2.75) is 13.5 Å². The van der Waals surface area contributed by atoms with Gasteiger partial charge in [0.05, 0.1) is 12.2 Å². The van der Waals surface area contributed by atoms with E-state index in [0.29, 0.717) is 24.5 Å². The van der Waals surface area contributed by atoms with Gasteiger partial charge in [0.15, 0.2) is 11.6 Å². The number of hydrogen-bond donors (Lipinski definition) is 0. The maximum absolute atomic E-state index is 13.6. The molecule has 0 fully saturated rings. The molecule has 0 aliphatic carbocycles. The third-order valence-corrected chi connectivity index (χ3v) is 4.98. The largest absolute Gasteiger partial charge is 0.489 e. The molecule has 2 aromatic heterocycles. The highest BCUT2D eigenvalue weighted by Gasteiger charge is 2.13. The van der Waals surface area contributed by atoms with Crippen LogP contribution in [0.3, 0.4) is 0 Å². The minimum absolute atomic E-state index is 0.171. The number of pyridine rings is 1. The topological polar surface area (TPSA) is 56.1 Å². The Hall–Kier alpha value is -3.87. The van der Waals surface area contributed by atoms with Crippen LogP contribution in [0.2, 0.25) is 0 Å². The number of benzene rings is 2. The van der Waals surface area contributed by atoms with Crippen molar-refractivity contribution >= 4 is 11.6 Å². The Morgan fingerprint density at radius 3 is 2.75 bits per heavy atom. The number of para-hydroxylation sites is 1. The lowest BCUT2D eigenvalue weighted by atomic mass is 10.2. The molecule has 0 spiro atoms. The summed E-state index contributed by atoms with van der Waals surface area (Å²) in [6.45, 7) is 2.83. The van der Waals surface area contributed by atoms with Gasteiger partial charge in [-0.3, -0.25) is 4.79 Å². The molecule has 0 radical (unpaired) electrons. The molecule has 0 saturated heterocycles. The Balaban J connectivity index is 1.33. The average Bonchev–Trinajstić information content (AvgIpc) is 3.20. The third-order valence-electron chi connectivity index (χ3n) is 4.98. The highest BCUT2D eigenvalue weighted by atomic mass is 19.1. The standard InChI is InChI=1S/C25H24FN3O3/c1-18-10-11-24-27-20(16-29(24)15-18)17-32-21-7-5-6-19(14-21)25(30)28(2)12-13-31-23-9-4-3-8-22(23)26/h3-11,14-16H,12-13,17H2,1-2H3. The van der Waals surface area contributed by atoms with Crippen molar-refractivity contribution in [1.82, 2.24) is 14.3 Å². The average molecular weight is 433 g/mol. The highest BCUT2D eigenvalue weighted by Crippen LogP contribution is 2.18. The highest BCUT2D eigenvalue weighted by molar-refractivity contribution is 5.94. The first-order valence-electron chi connectivity index (χ1n) is 10.3. The van der Waals surface area contributed by atoms with Crippen LogP contribution < -0.4 is 9.47 Å². The van der Waals surface area contributed by atoms with Crippen molar-refractivity contribution in [1.29, 1.82) is 0 Å². The number of rotatable bonds is 8. The molecule has 0 atom stereocenters. The third kappa shape index (κ3) is 5.06. The fourth-order valence-corrected chi connectivity index (χ4v) is 3.28. The molecular weight excluding hydrogens is 409 g/mol. The van der Waals surface area contributed by atoms with Gasteiger partial charge in [-0.1, -0.05) is 24.3 Å². The fraction of sp³-hybridized carbons (Fsp3) is 0.200. The molecule has 164 valence electrons. The van der Waals surface area contributed by atoms with Crippen molar-refractivity contribution in [3.8, 4) is 11.5 Å². The quantitative estimate of drug-likeness (QED) is 0.410. The van der Waals surface area contributed by atoms with Gasteiger partial charge < -0.3 is 18.8 Å². The number of likely N-dealkylation sites (N-methyl/N-ethyl adjacent to an activating group) is 1. The molecule has 0 aliphatic rings. The van der Waals surface area contributed by atoms with Crippen LogP contribution in [0.1, 0.15) is 21.6 Å². The summed E-state index contributed by atoms with van der Waals surface area (Å²) in [7, 11) is 1.68. The number of aryl methyl sites for hydroxylation is 1. The normalized spacial score (nSPS) is 10.8. The number of halogens is 1. The molecule has 32 heavy (non-hydrogen) atoms. The van der Waals surface area contributed by atoms with Gasteiger partial charge in [0.2, 0.25) is 0 Å². The van der Waals surface area contributed by atoms with Gasteiger partial charge in [0, 0.05) is 25.0 Å². The van der Waals surface area contributed by atoms with E-state index in [1.165, 1.54) is 11.0 Å². The van der Waals surface area contributed by atoms with Crippen LogP contribution >= 0.6 is 0 Å². The molecule has 0 saturated carbocycles. The first-order valence-corrected chi connectivity index (χ1v) is 10.3. The lowest BCUT2D eigenvalue weighted by molar-refractivity contribution is 0.0772. The van der Waals surface area contributed by atoms with Crippen LogP contribution in [0.4, 0.5) is 4.39 Å². The Kier molecular flexibility index (Phi) is 6.35. The van der Waals surface area contributed by atoms with Crippen molar-refractivity contribution in [3.05, 3.63) is 95.7 Å². The number of aromatic nitrogens is 2. The van der Waals surface area contributed by atoms with E-state index >= 15 is 0 Å². The number of fused-ring (bicyclic) bond motifs is 1. The van der Waals surface area contributed by atoms with Gasteiger partial charge in [-0.2, -0.15) is 0 Å². The Morgan fingerprint density at radius 2 is 1.91 bits per heavy atom. The Morgan fingerprint density at radius 1 is 1.06 bits per heavy atom. The molecule has 0 aliphatic heterocycles. The molecule has 4 rings (SSSR count). The summed E-state index contributed by atoms with van der Waals surface area (Å²) in [5, 5.41) is 0. The van der Waals surface area contributed by atoms with Gasteiger partial charge in [-0.25, -0.2) is 9.37 Å². The van der Waals surface area contributed by atoms with Gasteiger partial charge in [0.1, 0.15) is 24.6 Å². The van der Waals surface area contributed by atoms with E-state index in [1.54, 1.807) is 49.5 Å². The minimum atomic E-state index is -0.424. The molecule has 6 nitrogen and oxygen atoms in total. The molecule has 0 unspecified atom stereocenters. The van der Waals surface area contributed by atoms with Crippen molar-refractivity contribution in [2.75, 3.05) is 20.2 Å². The van der Waals surface area contributed by atoms with E-state index < -0.39 is 5.82 Å². The molecule has 2 aromatic carbocycles. The van der Waals surface area contributed by atoms with Gasteiger partial charge >= 0.3 is 0 Å². The zero-order chi connectivity index (χ0) is 22.5. The summed E-state index contributed by atoms with van der Waals surface area (Å²) < 4.78 is 26.9. The predicted octanol–water partition coefficient (Wildman–Crippen LogP) is 4.51. The molecule has 4 aromatic rings. The number of hydrogen-bond acceptors (Lipinski definition) is 4. The second kappa shape index (κ2) is 9.51. The second-order valence-electron chi connectivity index (χ2n) is 7.53. The van der Waals surface area contributed by atoms with E-state index in [0.717, 1.165) is 16.9 Å². The molecule has 1 amide bonds. The van der Waals surface area contributed by atoms with E-state index in [2.05, 4.69) is 4.98 Å². The van der Waals surface area contributed by atoms with Gasteiger partial charge in [-0.15, -0.1) is 0 Å². The molecular formula is C25H24FN3O3. The van der Waals surface area contributed by atoms with Gasteiger partial charge in [-0.05, 0) is 48.9 Å². The second-order valence-corrected chi connectivity index (χ2v) is 7.53. The number of nitrogens with zero attached hydrogens (tertiary/aromatic N) is 3. The van der Waals surface area contributed by atoms with Crippen LogP contribution in [0.25, 0.3) is 5.65 Å². The summed E-state index contributed by atoms with van der Waals surface area (Å²) in [4.78, 5) is 18.8. The van der Waals surface area contributed by atoms with Crippen LogP contribution in [-0.4, -0.2) is 40.4 Å². The molecule has 0 N–H and O–H groups in total. The smallest absolute Gasteiger partial charge is 0.253 e. The van der Waals surface area contributed by atoms with E-state index in [9.17, 15) is 9.18 Å². The van der Waals surface area contributed by atoms with Crippen LogP contribution in [0.15, 0.2) is 73.1 Å². The number of ether oxygens (including phenoxy) is 2. The lowest BCUT2D eigenvalue weighted by Crippen LogP contribution is -2.30. The van der Waals surface area contributed by atoms with E-state index in [1.807, 2.05) is 35.9 Å². The number of carbonyl (C=O) groups is 1. The maximum atomic E-state index is 13.6. The van der Waals surface area contributed by atoms with Crippen molar-refractivity contribution in [2.24, 2.45) is 0 Å². The first kappa shape index (κ1) is 21.4. The summed E-state index contributed by atoms with van der Waals surface area (Å²) in [5.41, 5.74) is 3.31. The zero-order valence-electron chi connectivity index (χ0n) is 18.0. The molecule has 2 heterocycles. The minimum Gasteiger partial charge on any atom is -0.489 e. The maximum Gasteiger partial charge on any atom is 0.253 e. The summed E-state index contributed by atoms with van der Waals surface area (Å²) in [6, 6.07) is 17.2. The lowest BCUT2D eigenvalue weighted by Gasteiger charge is -2.18. The number of amides is 1. The molecule has 0 bridgehead atoms. The Labute approximate surface area is 185 Å². The first-order chi connectivity index (χ1) is 15.5. The Bertz CT molecular complexity index is 1240. The van der Waals surface area contributed by atoms with E-state index in [-0.39, 0.29) is 18.3 Å². The number of imidazole rings is 1. The van der Waals surface area contributed by atoms with Crippen LogP contribution in [0, 0.1) is 12.7 Å². The predicted molar refractivity (Wildman–Crippen MR) is 120 cm³/mol.